The van der Waals surface area contributed by atoms with Crippen molar-refractivity contribution >= 4 is 0 Å². The third-order valence-electron chi connectivity index (χ3n) is 4.36. The molecule has 1 unspecified atom stereocenters. The lowest BCUT2D eigenvalue weighted by Gasteiger charge is -2.33. The van der Waals surface area contributed by atoms with Gasteiger partial charge in [-0.2, -0.15) is 0 Å². The Balaban J connectivity index is 1.54. The van der Waals surface area contributed by atoms with Gasteiger partial charge in [0.1, 0.15) is 0 Å². The van der Waals surface area contributed by atoms with E-state index in [0.29, 0.717) is 12.0 Å². The van der Waals surface area contributed by atoms with Crippen molar-refractivity contribution in [3.05, 3.63) is 12.7 Å². The minimum Gasteiger partial charge on any atom is -0.381 e. The minimum atomic E-state index is 0.470. The molecule has 0 spiro atoms. The number of rotatable bonds is 8. The van der Waals surface area contributed by atoms with E-state index in [0.717, 1.165) is 39.5 Å². The summed E-state index contributed by atoms with van der Waals surface area (Å²) in [6, 6.07) is 0. The molecule has 0 aromatic carbocycles. The molecule has 0 radical (unpaired) electrons. The SMILES string of the molecule is C=CCN(C)CCN1CCC(OCC2CCOC2)CC1. The molecule has 0 aliphatic carbocycles. The molecule has 0 saturated carbocycles. The summed E-state index contributed by atoms with van der Waals surface area (Å²) < 4.78 is 11.4. The monoisotopic (exact) mass is 282 g/mol. The first-order chi connectivity index (χ1) is 9.78. The largest absolute Gasteiger partial charge is 0.381 e. The van der Waals surface area contributed by atoms with Crippen molar-refractivity contribution in [3.8, 4) is 0 Å². The van der Waals surface area contributed by atoms with Gasteiger partial charge in [0, 0.05) is 45.2 Å². The van der Waals surface area contributed by atoms with Crippen molar-refractivity contribution < 1.29 is 9.47 Å². The number of nitrogens with zero attached hydrogens (tertiary/aromatic N) is 2. The average molecular weight is 282 g/mol. The van der Waals surface area contributed by atoms with Crippen LogP contribution in [0.1, 0.15) is 19.3 Å². The van der Waals surface area contributed by atoms with Gasteiger partial charge >= 0.3 is 0 Å². The van der Waals surface area contributed by atoms with E-state index in [2.05, 4.69) is 23.4 Å². The second-order valence-corrected chi connectivity index (χ2v) is 6.15. The molecule has 0 N–H and O–H groups in total. The van der Waals surface area contributed by atoms with Gasteiger partial charge in [0.2, 0.25) is 0 Å². The van der Waals surface area contributed by atoms with E-state index in [9.17, 15) is 0 Å². The van der Waals surface area contributed by atoms with E-state index in [1.165, 1.54) is 32.4 Å². The molecule has 2 fully saturated rings. The van der Waals surface area contributed by atoms with Crippen molar-refractivity contribution in [2.75, 3.05) is 59.6 Å². The van der Waals surface area contributed by atoms with Crippen molar-refractivity contribution in [2.45, 2.75) is 25.4 Å². The van der Waals surface area contributed by atoms with E-state index in [-0.39, 0.29) is 0 Å². The van der Waals surface area contributed by atoms with Crippen LogP contribution >= 0.6 is 0 Å². The number of hydrogen-bond acceptors (Lipinski definition) is 4. The first kappa shape index (κ1) is 16.0. The maximum atomic E-state index is 6.05. The highest BCUT2D eigenvalue weighted by Gasteiger charge is 2.22. The van der Waals surface area contributed by atoms with Crippen LogP contribution in [0.4, 0.5) is 0 Å². The number of ether oxygens (including phenoxy) is 2. The van der Waals surface area contributed by atoms with Crippen LogP contribution in [0.25, 0.3) is 0 Å². The topological polar surface area (TPSA) is 24.9 Å². The highest BCUT2D eigenvalue weighted by molar-refractivity contribution is 4.76. The molecule has 2 rings (SSSR count). The van der Waals surface area contributed by atoms with E-state index >= 15 is 0 Å². The smallest absolute Gasteiger partial charge is 0.0599 e. The Morgan fingerprint density at radius 2 is 2.15 bits per heavy atom. The molecule has 0 amide bonds. The Morgan fingerprint density at radius 3 is 2.80 bits per heavy atom. The number of piperidine rings is 1. The van der Waals surface area contributed by atoms with E-state index in [4.69, 9.17) is 9.47 Å². The standard InChI is InChI=1S/C16H30N2O2/c1-3-7-17(2)10-11-18-8-4-16(5-9-18)20-14-15-6-12-19-13-15/h3,15-16H,1,4-14H2,2H3. The normalized spacial score (nSPS) is 25.4. The van der Waals surface area contributed by atoms with Crippen LogP contribution in [0.5, 0.6) is 0 Å². The van der Waals surface area contributed by atoms with Crippen LogP contribution in [0, 0.1) is 5.92 Å². The summed E-state index contributed by atoms with van der Waals surface area (Å²) in [5.41, 5.74) is 0. The number of hydrogen-bond donors (Lipinski definition) is 0. The van der Waals surface area contributed by atoms with Crippen LogP contribution in [0.15, 0.2) is 12.7 Å². The van der Waals surface area contributed by atoms with Gasteiger partial charge in [-0.05, 0) is 26.3 Å². The lowest BCUT2D eigenvalue weighted by Crippen LogP contribution is -2.41. The predicted molar refractivity (Wildman–Crippen MR) is 82.0 cm³/mol. The lowest BCUT2D eigenvalue weighted by atomic mass is 10.1. The van der Waals surface area contributed by atoms with Gasteiger partial charge in [-0.25, -0.2) is 0 Å². The second kappa shape index (κ2) is 8.78. The third-order valence-corrected chi connectivity index (χ3v) is 4.36. The Morgan fingerprint density at radius 1 is 1.35 bits per heavy atom. The third kappa shape index (κ3) is 5.52. The van der Waals surface area contributed by atoms with Crippen LogP contribution in [-0.2, 0) is 9.47 Å². The van der Waals surface area contributed by atoms with Crippen LogP contribution < -0.4 is 0 Å². The minimum absolute atomic E-state index is 0.470. The van der Waals surface area contributed by atoms with Gasteiger partial charge in [0.15, 0.2) is 0 Å². The molecule has 0 bridgehead atoms. The fourth-order valence-electron chi connectivity index (χ4n) is 2.91. The molecule has 2 saturated heterocycles. The molecular weight excluding hydrogens is 252 g/mol. The molecule has 4 nitrogen and oxygen atoms in total. The molecule has 116 valence electrons. The first-order valence-electron chi connectivity index (χ1n) is 7.99. The molecule has 2 aliphatic rings. The molecule has 1 atom stereocenters. The molecule has 2 heterocycles. The lowest BCUT2D eigenvalue weighted by molar-refractivity contribution is -0.0111. The molecule has 0 aromatic rings. The van der Waals surface area contributed by atoms with Crippen LogP contribution in [0.3, 0.4) is 0 Å². The molecular formula is C16H30N2O2. The Bertz CT molecular complexity index is 272. The molecule has 20 heavy (non-hydrogen) atoms. The summed E-state index contributed by atoms with van der Waals surface area (Å²) in [6.45, 7) is 12.1. The van der Waals surface area contributed by atoms with Gasteiger partial charge < -0.3 is 19.3 Å². The second-order valence-electron chi connectivity index (χ2n) is 6.15. The zero-order valence-corrected chi connectivity index (χ0v) is 12.9. The van der Waals surface area contributed by atoms with Gasteiger partial charge in [0.05, 0.1) is 19.3 Å². The summed E-state index contributed by atoms with van der Waals surface area (Å²) in [6.07, 6.45) is 5.97. The zero-order valence-electron chi connectivity index (χ0n) is 12.9. The maximum Gasteiger partial charge on any atom is 0.0599 e. The Labute approximate surface area is 123 Å². The number of likely N-dealkylation sites (N-methyl/N-ethyl adjacent to an activating group) is 1. The van der Waals surface area contributed by atoms with Gasteiger partial charge in [0.25, 0.3) is 0 Å². The van der Waals surface area contributed by atoms with E-state index in [1.807, 2.05) is 6.08 Å². The summed E-state index contributed by atoms with van der Waals surface area (Å²) in [5, 5.41) is 0. The summed E-state index contributed by atoms with van der Waals surface area (Å²) >= 11 is 0. The predicted octanol–water partition coefficient (Wildman–Crippen LogP) is 1.62. The fraction of sp³-hybridized carbons (Fsp3) is 0.875. The summed E-state index contributed by atoms with van der Waals surface area (Å²) in [4.78, 5) is 4.87. The van der Waals surface area contributed by atoms with E-state index < -0.39 is 0 Å². The highest BCUT2D eigenvalue weighted by atomic mass is 16.5. The number of likely N-dealkylation sites (tertiary alicyclic amines) is 1. The quantitative estimate of drug-likeness (QED) is 0.632. The zero-order chi connectivity index (χ0) is 14.2. The maximum absolute atomic E-state index is 6.05. The van der Waals surface area contributed by atoms with Crippen molar-refractivity contribution in [2.24, 2.45) is 5.92 Å². The van der Waals surface area contributed by atoms with E-state index in [1.54, 1.807) is 0 Å². The highest BCUT2D eigenvalue weighted by Crippen LogP contribution is 2.18. The molecule has 2 aliphatic heterocycles. The van der Waals surface area contributed by atoms with Crippen LogP contribution in [0.2, 0.25) is 0 Å². The fourth-order valence-corrected chi connectivity index (χ4v) is 2.91. The molecule has 4 heteroatoms. The Kier molecular flexibility index (Phi) is 7.00. The van der Waals surface area contributed by atoms with Gasteiger partial charge in [-0.1, -0.05) is 6.08 Å². The van der Waals surface area contributed by atoms with Gasteiger partial charge in [-0.3, -0.25) is 0 Å². The molecule has 0 aromatic heterocycles. The van der Waals surface area contributed by atoms with Crippen molar-refractivity contribution in [1.82, 2.24) is 9.80 Å². The average Bonchev–Trinajstić information content (AvgIpc) is 2.98. The summed E-state index contributed by atoms with van der Waals surface area (Å²) in [7, 11) is 2.15. The van der Waals surface area contributed by atoms with Crippen molar-refractivity contribution in [1.29, 1.82) is 0 Å². The summed E-state index contributed by atoms with van der Waals surface area (Å²) in [5.74, 6) is 0.639. The van der Waals surface area contributed by atoms with Crippen molar-refractivity contribution in [3.63, 3.8) is 0 Å². The Hall–Kier alpha value is -0.420. The van der Waals surface area contributed by atoms with Gasteiger partial charge in [-0.15, -0.1) is 6.58 Å². The van der Waals surface area contributed by atoms with Crippen LogP contribution in [-0.4, -0.2) is 75.5 Å². The first-order valence-corrected chi connectivity index (χ1v) is 7.99.